The van der Waals surface area contributed by atoms with Gasteiger partial charge in [-0.2, -0.15) is 0 Å². The normalized spacial score (nSPS) is 11.1. The summed E-state index contributed by atoms with van der Waals surface area (Å²) in [4.78, 5) is 0. The Morgan fingerprint density at radius 2 is 0.700 bits per heavy atom. The maximum atomic E-state index is 8.68. The molecule has 122 valence electrons. The minimum atomic E-state index is 0.368. The molecule has 0 aliphatic rings. The molecule has 2 N–H and O–H groups in total. The van der Waals surface area contributed by atoms with Crippen LogP contribution in [0.2, 0.25) is 10.6 Å². The minimum absolute atomic E-state index is 0.368. The predicted octanol–water partition coefficient (Wildman–Crippen LogP) is 3.81. The number of hydrogen-bond donors (Lipinski definition) is 2. The third-order valence-electron chi connectivity index (χ3n) is 3.35. The van der Waals surface area contributed by atoms with Gasteiger partial charge in [0.25, 0.3) is 0 Å². The van der Waals surface area contributed by atoms with Gasteiger partial charge in [-0.3, -0.25) is 0 Å². The van der Waals surface area contributed by atoms with Crippen LogP contribution in [-0.2, 0) is 0 Å². The average molecular weight is 416 g/mol. The SMILES string of the molecule is OCCCCCCCC[Se][Se]CCCCCCCCO. The van der Waals surface area contributed by atoms with Crippen LogP contribution in [0.5, 0.6) is 0 Å². The van der Waals surface area contributed by atoms with Gasteiger partial charge < -0.3 is 0 Å². The first kappa shape index (κ1) is 21.0. The molecule has 0 unspecified atom stereocenters. The van der Waals surface area contributed by atoms with E-state index in [1.54, 1.807) is 0 Å². The Kier molecular flexibility index (Phi) is 20.9. The zero-order chi connectivity index (χ0) is 14.7. The zero-order valence-electron chi connectivity index (χ0n) is 13.0. The molecule has 2 nitrogen and oxygen atoms in total. The summed E-state index contributed by atoms with van der Waals surface area (Å²) < 4.78 is 0. The summed E-state index contributed by atoms with van der Waals surface area (Å²) in [5.41, 5.74) is 0. The molecule has 0 fully saturated rings. The molecule has 4 heteroatoms. The van der Waals surface area contributed by atoms with Gasteiger partial charge in [-0.15, -0.1) is 0 Å². The van der Waals surface area contributed by atoms with E-state index in [0.717, 1.165) is 39.1 Å². The van der Waals surface area contributed by atoms with Crippen molar-refractivity contribution in [3.05, 3.63) is 0 Å². The number of aliphatic hydroxyl groups excluding tert-OH is 2. The van der Waals surface area contributed by atoms with Crippen LogP contribution in [0.4, 0.5) is 0 Å². The second kappa shape index (κ2) is 20.0. The fraction of sp³-hybridized carbons (Fsp3) is 1.00. The first-order chi connectivity index (χ1) is 9.91. The second-order valence-electron chi connectivity index (χ2n) is 5.33. The van der Waals surface area contributed by atoms with E-state index in [9.17, 15) is 0 Å². The van der Waals surface area contributed by atoms with Crippen molar-refractivity contribution in [1.29, 1.82) is 0 Å². The monoisotopic (exact) mass is 418 g/mol. The quantitative estimate of drug-likeness (QED) is 0.280. The molecule has 0 bridgehead atoms. The molecule has 0 rings (SSSR count). The third kappa shape index (κ3) is 19.0. The molecular formula is C16H34O2Se2. The van der Waals surface area contributed by atoms with E-state index in [-0.39, 0.29) is 0 Å². The Morgan fingerprint density at radius 3 is 1.05 bits per heavy atom. The summed E-state index contributed by atoms with van der Waals surface area (Å²) in [5, 5.41) is 20.4. The fourth-order valence-corrected chi connectivity index (χ4v) is 9.06. The molecule has 0 aromatic carbocycles. The predicted molar refractivity (Wildman–Crippen MR) is 90.7 cm³/mol. The van der Waals surface area contributed by atoms with Crippen molar-refractivity contribution in [2.24, 2.45) is 0 Å². The van der Waals surface area contributed by atoms with Gasteiger partial charge in [-0.05, 0) is 0 Å². The molecule has 0 aromatic heterocycles. The molecule has 20 heavy (non-hydrogen) atoms. The van der Waals surface area contributed by atoms with Gasteiger partial charge in [-0.1, -0.05) is 0 Å². The summed E-state index contributed by atoms with van der Waals surface area (Å²) in [6.45, 7) is 0.736. The topological polar surface area (TPSA) is 40.5 Å². The van der Waals surface area contributed by atoms with Crippen LogP contribution in [-0.4, -0.2) is 49.7 Å². The molecule has 0 aliphatic heterocycles. The molecular weight excluding hydrogens is 382 g/mol. The maximum absolute atomic E-state index is 8.68. The number of hydrogen-bond acceptors (Lipinski definition) is 2. The van der Waals surface area contributed by atoms with Gasteiger partial charge in [0.15, 0.2) is 0 Å². The molecule has 0 amide bonds. The second-order valence-corrected chi connectivity index (χ2v) is 13.2. The Balaban J connectivity index is 2.89. The van der Waals surface area contributed by atoms with E-state index in [2.05, 4.69) is 0 Å². The van der Waals surface area contributed by atoms with Crippen LogP contribution in [0, 0.1) is 0 Å². The molecule has 0 aromatic rings. The molecule has 0 saturated carbocycles. The molecule has 0 heterocycles. The summed E-state index contributed by atoms with van der Waals surface area (Å²) in [7, 11) is 0. The van der Waals surface area contributed by atoms with Gasteiger partial charge in [0.2, 0.25) is 0 Å². The van der Waals surface area contributed by atoms with E-state index in [1.165, 1.54) is 74.8 Å². The van der Waals surface area contributed by atoms with Crippen LogP contribution in [0.15, 0.2) is 0 Å². The van der Waals surface area contributed by atoms with Crippen molar-refractivity contribution in [2.75, 3.05) is 13.2 Å². The van der Waals surface area contributed by atoms with Crippen LogP contribution in [0.25, 0.3) is 0 Å². The molecule has 0 aliphatic carbocycles. The zero-order valence-corrected chi connectivity index (χ0v) is 16.5. The van der Waals surface area contributed by atoms with E-state index < -0.39 is 0 Å². The van der Waals surface area contributed by atoms with E-state index in [0.29, 0.717) is 13.2 Å². The van der Waals surface area contributed by atoms with Crippen molar-refractivity contribution in [2.45, 2.75) is 87.7 Å². The fourth-order valence-electron chi connectivity index (χ4n) is 2.08. The summed E-state index contributed by atoms with van der Waals surface area (Å²) in [5.74, 6) is 0. The summed E-state index contributed by atoms with van der Waals surface area (Å²) in [6, 6.07) is 0. The van der Waals surface area contributed by atoms with Crippen molar-refractivity contribution < 1.29 is 10.2 Å². The van der Waals surface area contributed by atoms with Crippen LogP contribution < -0.4 is 0 Å². The molecule has 0 saturated heterocycles. The Labute approximate surface area is 137 Å². The van der Waals surface area contributed by atoms with Crippen LogP contribution >= 0.6 is 0 Å². The van der Waals surface area contributed by atoms with Crippen molar-refractivity contribution in [3.63, 3.8) is 0 Å². The van der Waals surface area contributed by atoms with Crippen LogP contribution in [0.1, 0.15) is 77.0 Å². The van der Waals surface area contributed by atoms with Gasteiger partial charge in [0.1, 0.15) is 0 Å². The van der Waals surface area contributed by atoms with Gasteiger partial charge >= 0.3 is 137 Å². The van der Waals surface area contributed by atoms with Gasteiger partial charge in [0, 0.05) is 0 Å². The van der Waals surface area contributed by atoms with E-state index in [1.807, 2.05) is 0 Å². The van der Waals surface area contributed by atoms with Crippen molar-refractivity contribution >= 4 is 26.3 Å². The Morgan fingerprint density at radius 1 is 0.400 bits per heavy atom. The van der Waals surface area contributed by atoms with Gasteiger partial charge in [0.05, 0.1) is 0 Å². The van der Waals surface area contributed by atoms with Crippen molar-refractivity contribution in [1.82, 2.24) is 0 Å². The van der Waals surface area contributed by atoms with Crippen molar-refractivity contribution in [3.8, 4) is 0 Å². The number of rotatable bonds is 17. The standard InChI is InChI=1S/C16H34O2Se2/c17-13-9-5-1-3-7-11-15-19-20-16-12-8-4-2-6-10-14-18/h17-18H,1-16H2. The summed E-state index contributed by atoms with van der Waals surface area (Å²) in [6.07, 6.45) is 15.5. The molecule has 0 atom stereocenters. The first-order valence-corrected chi connectivity index (χ1v) is 15.1. The van der Waals surface area contributed by atoms with Crippen LogP contribution in [0.3, 0.4) is 0 Å². The average Bonchev–Trinajstić information content (AvgIpc) is 2.47. The van der Waals surface area contributed by atoms with Gasteiger partial charge in [-0.25, -0.2) is 0 Å². The molecule has 0 spiro atoms. The van der Waals surface area contributed by atoms with E-state index in [4.69, 9.17) is 10.2 Å². The molecule has 0 radical (unpaired) electrons. The Hall–Kier alpha value is 0.959. The van der Waals surface area contributed by atoms with E-state index >= 15 is 0 Å². The first-order valence-electron chi connectivity index (χ1n) is 8.38. The third-order valence-corrected chi connectivity index (χ3v) is 11.1. The number of unbranched alkanes of at least 4 members (excludes halogenated alkanes) is 10. The summed E-state index contributed by atoms with van der Waals surface area (Å²) >= 11 is 1.91. The Bertz CT molecular complexity index is 151. The number of aliphatic hydroxyl groups is 2.